The second-order valence-corrected chi connectivity index (χ2v) is 7.85. The molecule has 5 nitrogen and oxygen atoms in total. The van der Waals surface area contributed by atoms with E-state index in [4.69, 9.17) is 4.74 Å². The van der Waals surface area contributed by atoms with Crippen LogP contribution in [0.15, 0.2) is 30.6 Å². The highest BCUT2D eigenvalue weighted by molar-refractivity contribution is 5.97. The van der Waals surface area contributed by atoms with Gasteiger partial charge >= 0.3 is 0 Å². The molecule has 3 heterocycles. The molecule has 0 N–H and O–H groups in total. The molecule has 1 fully saturated rings. The van der Waals surface area contributed by atoms with Gasteiger partial charge < -0.3 is 9.64 Å². The molecule has 2 aliphatic rings. The number of hydrogen-bond acceptors (Lipinski definition) is 3. The van der Waals surface area contributed by atoms with Crippen LogP contribution < -0.4 is 4.74 Å². The van der Waals surface area contributed by atoms with Gasteiger partial charge in [0.2, 0.25) is 0 Å². The van der Waals surface area contributed by atoms with Gasteiger partial charge in [0.1, 0.15) is 11.4 Å². The number of nitrogens with zero attached hydrogens (tertiary/aromatic N) is 3. The minimum absolute atomic E-state index is 0.0965. The van der Waals surface area contributed by atoms with Gasteiger partial charge in [0.05, 0.1) is 11.8 Å². The van der Waals surface area contributed by atoms with Crippen LogP contribution in [0.3, 0.4) is 0 Å². The number of fused-ring (bicyclic) bond motifs is 1. The zero-order valence-corrected chi connectivity index (χ0v) is 15.2. The first-order valence-corrected chi connectivity index (χ1v) is 9.02. The van der Waals surface area contributed by atoms with E-state index in [2.05, 4.69) is 31.2 Å². The van der Waals surface area contributed by atoms with Crippen LogP contribution in [-0.2, 0) is 13.5 Å². The van der Waals surface area contributed by atoms with E-state index in [0.717, 1.165) is 43.7 Å². The number of rotatable bonds is 2. The van der Waals surface area contributed by atoms with Crippen molar-refractivity contribution in [3.8, 4) is 5.75 Å². The van der Waals surface area contributed by atoms with Crippen LogP contribution in [0.1, 0.15) is 54.1 Å². The van der Waals surface area contributed by atoms with E-state index in [1.165, 1.54) is 5.56 Å². The Labute approximate surface area is 148 Å². The van der Waals surface area contributed by atoms with Crippen molar-refractivity contribution in [1.82, 2.24) is 14.7 Å². The van der Waals surface area contributed by atoms with Crippen molar-refractivity contribution in [1.29, 1.82) is 0 Å². The molecule has 0 bridgehead atoms. The van der Waals surface area contributed by atoms with Gasteiger partial charge in [0.25, 0.3) is 5.91 Å². The molecule has 25 heavy (non-hydrogen) atoms. The van der Waals surface area contributed by atoms with Crippen LogP contribution in [-0.4, -0.2) is 39.3 Å². The van der Waals surface area contributed by atoms with Gasteiger partial charge in [-0.15, -0.1) is 0 Å². The SMILES string of the molecule is Cn1cc(C2CCN(C(=O)c3cccc4c3OC(C)(C)C4)CC2)cn1. The van der Waals surface area contributed by atoms with E-state index in [1.807, 2.05) is 35.0 Å². The molecule has 4 rings (SSSR count). The minimum atomic E-state index is -0.230. The molecule has 0 unspecified atom stereocenters. The lowest BCUT2D eigenvalue weighted by molar-refractivity contribution is 0.0702. The van der Waals surface area contributed by atoms with E-state index >= 15 is 0 Å². The van der Waals surface area contributed by atoms with Gasteiger partial charge in [0, 0.05) is 32.8 Å². The highest BCUT2D eigenvalue weighted by Gasteiger charge is 2.34. The monoisotopic (exact) mass is 339 g/mol. The molecule has 1 aromatic heterocycles. The second-order valence-electron chi connectivity index (χ2n) is 7.85. The van der Waals surface area contributed by atoms with E-state index < -0.39 is 0 Å². The summed E-state index contributed by atoms with van der Waals surface area (Å²) >= 11 is 0. The maximum atomic E-state index is 13.0. The lowest BCUT2D eigenvalue weighted by Crippen LogP contribution is -2.38. The van der Waals surface area contributed by atoms with Crippen LogP contribution in [0.5, 0.6) is 5.75 Å². The zero-order chi connectivity index (χ0) is 17.6. The van der Waals surface area contributed by atoms with Crippen molar-refractivity contribution >= 4 is 5.91 Å². The van der Waals surface area contributed by atoms with Crippen molar-refractivity contribution < 1.29 is 9.53 Å². The summed E-state index contributed by atoms with van der Waals surface area (Å²) in [6.45, 7) is 5.71. The number of carbonyl (C=O) groups is 1. The molecule has 0 radical (unpaired) electrons. The summed E-state index contributed by atoms with van der Waals surface area (Å²) in [5.41, 5.74) is 2.90. The molecule has 0 atom stereocenters. The first-order chi connectivity index (χ1) is 11.9. The van der Waals surface area contributed by atoms with Crippen LogP contribution in [0, 0.1) is 0 Å². The molecule has 1 saturated heterocycles. The first-order valence-electron chi connectivity index (χ1n) is 9.02. The standard InChI is InChI=1S/C20H25N3O2/c1-20(2)11-15-5-4-6-17(18(15)25-20)19(24)23-9-7-14(8-10-23)16-12-21-22(3)13-16/h4-6,12-14H,7-11H2,1-3H3. The Morgan fingerprint density at radius 3 is 2.72 bits per heavy atom. The Hall–Kier alpha value is -2.30. The maximum Gasteiger partial charge on any atom is 0.257 e. The molecular formula is C20H25N3O2. The minimum Gasteiger partial charge on any atom is -0.486 e. The van der Waals surface area contributed by atoms with Crippen molar-refractivity contribution in [3.05, 3.63) is 47.3 Å². The summed E-state index contributed by atoms with van der Waals surface area (Å²) < 4.78 is 7.92. The Morgan fingerprint density at radius 1 is 1.28 bits per heavy atom. The molecular weight excluding hydrogens is 314 g/mol. The third kappa shape index (κ3) is 3.03. The van der Waals surface area contributed by atoms with Crippen molar-refractivity contribution in [2.24, 2.45) is 7.05 Å². The molecule has 2 aromatic rings. The van der Waals surface area contributed by atoms with Crippen LogP contribution in [0.25, 0.3) is 0 Å². The third-order valence-corrected chi connectivity index (χ3v) is 5.30. The summed E-state index contributed by atoms with van der Waals surface area (Å²) in [5.74, 6) is 1.38. The van der Waals surface area contributed by atoms with Crippen LogP contribution in [0.4, 0.5) is 0 Å². The van der Waals surface area contributed by atoms with Crippen LogP contribution in [0.2, 0.25) is 0 Å². The Bertz CT molecular complexity index is 801. The molecule has 0 saturated carbocycles. The smallest absolute Gasteiger partial charge is 0.257 e. The summed E-state index contributed by atoms with van der Waals surface area (Å²) in [6, 6.07) is 5.94. The van der Waals surface area contributed by atoms with E-state index in [0.29, 0.717) is 11.5 Å². The van der Waals surface area contributed by atoms with Crippen molar-refractivity contribution in [3.63, 3.8) is 0 Å². The van der Waals surface area contributed by atoms with Gasteiger partial charge in [-0.2, -0.15) is 5.10 Å². The summed E-state index contributed by atoms with van der Waals surface area (Å²) in [6.07, 6.45) is 6.86. The topological polar surface area (TPSA) is 47.4 Å². The lowest BCUT2D eigenvalue weighted by Gasteiger charge is -2.32. The van der Waals surface area contributed by atoms with E-state index in [1.54, 1.807) is 0 Å². The van der Waals surface area contributed by atoms with Crippen LogP contribution >= 0.6 is 0 Å². The summed E-state index contributed by atoms with van der Waals surface area (Å²) in [4.78, 5) is 15.0. The quantitative estimate of drug-likeness (QED) is 0.844. The Morgan fingerprint density at radius 2 is 2.04 bits per heavy atom. The zero-order valence-electron chi connectivity index (χ0n) is 15.2. The molecule has 0 aliphatic carbocycles. The summed E-state index contributed by atoms with van der Waals surface area (Å²) in [5, 5.41) is 4.27. The second kappa shape index (κ2) is 5.90. The number of piperidine rings is 1. The van der Waals surface area contributed by atoms with Gasteiger partial charge in [-0.25, -0.2) is 0 Å². The van der Waals surface area contributed by atoms with E-state index in [9.17, 15) is 4.79 Å². The predicted octanol–water partition coefficient (Wildman–Crippen LogP) is 3.15. The maximum absolute atomic E-state index is 13.0. The highest BCUT2D eigenvalue weighted by atomic mass is 16.5. The van der Waals surface area contributed by atoms with Gasteiger partial charge in [0.15, 0.2) is 0 Å². The molecule has 132 valence electrons. The average Bonchev–Trinajstić information content (AvgIpc) is 3.15. The largest absolute Gasteiger partial charge is 0.486 e. The Balaban J connectivity index is 1.48. The van der Waals surface area contributed by atoms with Gasteiger partial charge in [-0.1, -0.05) is 12.1 Å². The highest BCUT2D eigenvalue weighted by Crippen LogP contribution is 2.38. The molecule has 2 aliphatic heterocycles. The van der Waals surface area contributed by atoms with Gasteiger partial charge in [-0.05, 0) is 49.8 Å². The number of aromatic nitrogens is 2. The fraction of sp³-hybridized carbons (Fsp3) is 0.500. The number of para-hydroxylation sites is 1. The third-order valence-electron chi connectivity index (χ3n) is 5.30. The van der Waals surface area contributed by atoms with E-state index in [-0.39, 0.29) is 11.5 Å². The molecule has 0 spiro atoms. The molecule has 5 heteroatoms. The normalized spacial score (nSPS) is 19.6. The predicted molar refractivity (Wildman–Crippen MR) is 95.9 cm³/mol. The number of amides is 1. The van der Waals surface area contributed by atoms with Gasteiger partial charge in [-0.3, -0.25) is 9.48 Å². The van der Waals surface area contributed by atoms with Crippen molar-refractivity contribution in [2.45, 2.75) is 44.6 Å². The first kappa shape index (κ1) is 16.2. The number of carbonyl (C=O) groups excluding carboxylic acids is 1. The summed E-state index contributed by atoms with van der Waals surface area (Å²) in [7, 11) is 1.94. The van der Waals surface area contributed by atoms with Crippen molar-refractivity contribution in [2.75, 3.05) is 13.1 Å². The fourth-order valence-electron chi connectivity index (χ4n) is 4.02. The number of benzene rings is 1. The molecule has 1 aromatic carbocycles. The lowest BCUT2D eigenvalue weighted by atomic mass is 9.91. The number of hydrogen-bond donors (Lipinski definition) is 0. The number of ether oxygens (including phenoxy) is 1. The molecule has 1 amide bonds. The Kier molecular flexibility index (Phi) is 3.82. The fourth-order valence-corrected chi connectivity index (χ4v) is 4.02. The number of aryl methyl sites for hydroxylation is 1. The number of likely N-dealkylation sites (tertiary alicyclic amines) is 1. The average molecular weight is 339 g/mol.